The van der Waals surface area contributed by atoms with Gasteiger partial charge in [-0.05, 0) is 16.5 Å². The Morgan fingerprint density at radius 2 is 1.71 bits per heavy atom. The van der Waals surface area contributed by atoms with Gasteiger partial charge in [0.2, 0.25) is 0 Å². The van der Waals surface area contributed by atoms with E-state index in [1.807, 2.05) is 18.2 Å². The second-order valence-electron chi connectivity index (χ2n) is 5.89. The molecular weight excluding hydrogens is 341 g/mol. The van der Waals surface area contributed by atoms with Gasteiger partial charge in [-0.3, -0.25) is 0 Å². The average Bonchev–Trinajstić information content (AvgIpc) is 3.04. The fourth-order valence-corrected chi connectivity index (χ4v) is 3.54. The van der Waals surface area contributed by atoms with Gasteiger partial charge in [-0.1, -0.05) is 54.6 Å². The normalized spacial score (nSPS) is 15.5. The third kappa shape index (κ3) is 3.04. The van der Waals surface area contributed by atoms with Crippen molar-refractivity contribution in [3.05, 3.63) is 71.8 Å². The van der Waals surface area contributed by atoms with Crippen LogP contribution >= 0.6 is 24.0 Å². The van der Waals surface area contributed by atoms with Crippen molar-refractivity contribution in [2.24, 2.45) is 0 Å². The first-order valence-corrected chi connectivity index (χ1v) is 8.42. The van der Waals surface area contributed by atoms with Crippen LogP contribution in [-0.2, 0) is 6.61 Å². The molecule has 1 aliphatic heterocycles. The van der Waals surface area contributed by atoms with Gasteiger partial charge in [-0.25, -0.2) is 0 Å². The summed E-state index contributed by atoms with van der Waals surface area (Å²) in [6, 6.07) is 20.8. The van der Waals surface area contributed by atoms with Crippen molar-refractivity contribution >= 4 is 40.5 Å². The molecule has 0 amide bonds. The lowest BCUT2D eigenvalue weighted by molar-refractivity contribution is 0.310. The highest BCUT2D eigenvalue weighted by atomic mass is 35.5. The molecule has 0 saturated carbocycles. The smallest absolute Gasteiger partial charge is 0.129 e. The number of rotatable bonds is 4. The Kier molecular flexibility index (Phi) is 5.17. The molecule has 2 nitrogen and oxygen atoms in total. The molecular formula is C20H19Cl2NO. The van der Waals surface area contributed by atoms with Crippen LogP contribution in [0, 0.1) is 0 Å². The van der Waals surface area contributed by atoms with Crippen LogP contribution < -0.4 is 10.1 Å². The van der Waals surface area contributed by atoms with Crippen molar-refractivity contribution in [3.63, 3.8) is 0 Å². The Balaban J connectivity index is 0.00000169. The van der Waals surface area contributed by atoms with Gasteiger partial charge < -0.3 is 10.1 Å². The van der Waals surface area contributed by atoms with Crippen molar-refractivity contribution < 1.29 is 4.74 Å². The molecule has 0 aliphatic carbocycles. The van der Waals surface area contributed by atoms with Crippen LogP contribution in [0.15, 0.2) is 60.7 Å². The minimum absolute atomic E-state index is 0. The lowest BCUT2D eigenvalue weighted by Gasteiger charge is -2.15. The molecule has 0 saturated heterocycles. The average molecular weight is 360 g/mol. The summed E-state index contributed by atoms with van der Waals surface area (Å²) in [6.45, 7) is 1.47. The highest BCUT2D eigenvalue weighted by molar-refractivity contribution is 6.18. The molecule has 1 atom stereocenters. The van der Waals surface area contributed by atoms with Crippen LogP contribution in [0.3, 0.4) is 0 Å². The van der Waals surface area contributed by atoms with Crippen LogP contribution in [0.1, 0.15) is 17.0 Å². The molecule has 0 fully saturated rings. The largest absolute Gasteiger partial charge is 0.488 e. The lowest BCUT2D eigenvalue weighted by atomic mass is 9.95. The van der Waals surface area contributed by atoms with E-state index in [2.05, 4.69) is 47.8 Å². The molecule has 0 aromatic heterocycles. The minimum atomic E-state index is 0. The standard InChI is InChI=1S/C20H18ClNO.ClH/c21-11-15-12-22-18-10-19(23-13-14-6-2-1-3-7-14)16-8-4-5-9-17(16)20(15)18;/h1-10,15,22H,11-13H2;1H/t15-;/m1./s1. The number of fused-ring (bicyclic) bond motifs is 3. The summed E-state index contributed by atoms with van der Waals surface area (Å²) in [5, 5.41) is 5.86. The van der Waals surface area contributed by atoms with Crippen molar-refractivity contribution in [2.75, 3.05) is 17.7 Å². The molecule has 3 aromatic carbocycles. The predicted molar refractivity (Wildman–Crippen MR) is 104 cm³/mol. The Bertz CT molecular complexity index is 836. The second kappa shape index (κ2) is 7.33. The van der Waals surface area contributed by atoms with Crippen LogP contribution in [0.25, 0.3) is 10.8 Å². The number of anilines is 1. The molecule has 4 rings (SSSR count). The topological polar surface area (TPSA) is 21.3 Å². The number of benzene rings is 3. The summed E-state index contributed by atoms with van der Waals surface area (Å²) >= 11 is 6.15. The fraction of sp³-hybridized carbons (Fsp3) is 0.200. The van der Waals surface area contributed by atoms with Crippen LogP contribution in [0.2, 0.25) is 0 Å². The van der Waals surface area contributed by atoms with Gasteiger partial charge in [0.25, 0.3) is 0 Å². The van der Waals surface area contributed by atoms with E-state index < -0.39 is 0 Å². The fourth-order valence-electron chi connectivity index (χ4n) is 3.27. The van der Waals surface area contributed by atoms with Gasteiger partial charge in [-0.2, -0.15) is 0 Å². The van der Waals surface area contributed by atoms with Crippen molar-refractivity contribution in [3.8, 4) is 5.75 Å². The first kappa shape index (κ1) is 16.9. The maximum atomic E-state index is 6.15. The quantitative estimate of drug-likeness (QED) is 0.613. The maximum Gasteiger partial charge on any atom is 0.129 e. The van der Waals surface area contributed by atoms with E-state index >= 15 is 0 Å². The highest BCUT2D eigenvalue weighted by Gasteiger charge is 2.25. The van der Waals surface area contributed by atoms with E-state index in [0.29, 0.717) is 18.4 Å². The monoisotopic (exact) mass is 359 g/mol. The summed E-state index contributed by atoms with van der Waals surface area (Å²) in [5.41, 5.74) is 3.64. The SMILES string of the molecule is Cl.ClC[C@@H]1CNc2cc(OCc3ccccc3)c3ccccc3c21. The van der Waals surface area contributed by atoms with Crippen molar-refractivity contribution in [1.82, 2.24) is 0 Å². The summed E-state index contributed by atoms with van der Waals surface area (Å²) in [5.74, 6) is 1.92. The molecule has 0 radical (unpaired) electrons. The number of halogens is 2. The molecule has 3 aromatic rings. The molecule has 124 valence electrons. The van der Waals surface area contributed by atoms with Crippen LogP contribution in [-0.4, -0.2) is 12.4 Å². The minimum Gasteiger partial charge on any atom is -0.488 e. The van der Waals surface area contributed by atoms with E-state index in [4.69, 9.17) is 16.3 Å². The number of hydrogen-bond donors (Lipinski definition) is 1. The Labute approximate surface area is 153 Å². The first-order valence-electron chi connectivity index (χ1n) is 7.89. The van der Waals surface area contributed by atoms with Gasteiger partial charge in [0.05, 0.1) is 0 Å². The van der Waals surface area contributed by atoms with Gasteiger partial charge in [0.15, 0.2) is 0 Å². The number of nitrogens with one attached hydrogen (secondary N) is 1. The van der Waals surface area contributed by atoms with Crippen molar-refractivity contribution in [2.45, 2.75) is 12.5 Å². The molecule has 0 spiro atoms. The predicted octanol–water partition coefficient (Wildman–Crippen LogP) is 5.59. The van der Waals surface area contributed by atoms with Crippen LogP contribution in [0.5, 0.6) is 5.75 Å². The van der Waals surface area contributed by atoms with Crippen molar-refractivity contribution in [1.29, 1.82) is 0 Å². The molecule has 0 unspecified atom stereocenters. The molecule has 24 heavy (non-hydrogen) atoms. The number of alkyl halides is 1. The highest BCUT2D eigenvalue weighted by Crippen LogP contribution is 2.42. The Morgan fingerprint density at radius 3 is 2.46 bits per heavy atom. The third-order valence-electron chi connectivity index (χ3n) is 4.42. The van der Waals surface area contributed by atoms with E-state index in [9.17, 15) is 0 Å². The molecule has 0 bridgehead atoms. The van der Waals surface area contributed by atoms with E-state index in [0.717, 1.165) is 23.4 Å². The third-order valence-corrected chi connectivity index (χ3v) is 4.79. The van der Waals surface area contributed by atoms with Gasteiger partial charge in [-0.15, -0.1) is 24.0 Å². The van der Waals surface area contributed by atoms with Gasteiger partial charge in [0, 0.05) is 35.5 Å². The zero-order valence-corrected chi connectivity index (χ0v) is 14.7. The van der Waals surface area contributed by atoms with E-state index in [1.54, 1.807) is 0 Å². The zero-order valence-electron chi connectivity index (χ0n) is 13.2. The number of hydrogen-bond acceptors (Lipinski definition) is 2. The summed E-state index contributed by atoms with van der Waals surface area (Å²) in [4.78, 5) is 0. The molecule has 4 heteroatoms. The van der Waals surface area contributed by atoms with E-state index in [-0.39, 0.29) is 12.4 Å². The molecule has 1 aliphatic rings. The number of ether oxygens (including phenoxy) is 1. The Hall–Kier alpha value is -1.90. The van der Waals surface area contributed by atoms with Gasteiger partial charge >= 0.3 is 0 Å². The summed E-state index contributed by atoms with van der Waals surface area (Å²) < 4.78 is 6.13. The zero-order chi connectivity index (χ0) is 15.6. The summed E-state index contributed by atoms with van der Waals surface area (Å²) in [7, 11) is 0. The molecule has 1 N–H and O–H groups in total. The van der Waals surface area contributed by atoms with Crippen LogP contribution in [0.4, 0.5) is 5.69 Å². The summed E-state index contributed by atoms with van der Waals surface area (Å²) in [6.07, 6.45) is 0. The maximum absolute atomic E-state index is 6.15. The van der Waals surface area contributed by atoms with Gasteiger partial charge in [0.1, 0.15) is 12.4 Å². The Morgan fingerprint density at radius 1 is 1.00 bits per heavy atom. The molecule has 1 heterocycles. The van der Waals surface area contributed by atoms with E-state index in [1.165, 1.54) is 16.5 Å². The lowest BCUT2D eigenvalue weighted by Crippen LogP contribution is -2.02. The first-order chi connectivity index (χ1) is 11.4. The second-order valence-corrected chi connectivity index (χ2v) is 6.20.